The zero-order valence-corrected chi connectivity index (χ0v) is 17.7. The minimum absolute atomic E-state index is 0.0360. The van der Waals surface area contributed by atoms with Gasteiger partial charge in [0.05, 0.1) is 32.8 Å². The summed E-state index contributed by atoms with van der Waals surface area (Å²) >= 11 is 0. The van der Waals surface area contributed by atoms with E-state index in [1.807, 2.05) is 0 Å². The first-order valence-electron chi connectivity index (χ1n) is 7.79. The summed E-state index contributed by atoms with van der Waals surface area (Å²) in [5.41, 5.74) is 0.752. The Labute approximate surface area is 162 Å². The molecule has 0 saturated carbocycles. The van der Waals surface area contributed by atoms with Crippen LogP contribution >= 0.6 is 0 Å². The van der Waals surface area contributed by atoms with E-state index in [0.717, 1.165) is 11.8 Å². The third kappa shape index (κ3) is 4.95. The van der Waals surface area contributed by atoms with Crippen molar-refractivity contribution in [1.82, 2.24) is 4.72 Å². The van der Waals surface area contributed by atoms with Gasteiger partial charge < -0.3 is 4.74 Å². The average Bonchev–Trinajstić information content (AvgIpc) is 2.60. The molecule has 10 heteroatoms. The van der Waals surface area contributed by atoms with E-state index in [4.69, 9.17) is 4.74 Å². The summed E-state index contributed by atoms with van der Waals surface area (Å²) in [7, 11) is -7.70. The Bertz CT molecular complexity index is 1060. The summed E-state index contributed by atoms with van der Waals surface area (Å²) in [6, 6.07) is 9.58. The van der Waals surface area contributed by atoms with Crippen LogP contribution in [0.1, 0.15) is 18.5 Å². The molecule has 148 valence electrons. The normalized spacial score (nSPS) is 14.5. The van der Waals surface area contributed by atoms with Gasteiger partial charge in [-0.25, -0.2) is 25.8 Å². The summed E-state index contributed by atoms with van der Waals surface area (Å²) in [5.74, 6) is 0.247. The molecule has 0 heterocycles. The lowest BCUT2D eigenvalue weighted by molar-refractivity contribution is 0.412. The highest BCUT2D eigenvalue weighted by atomic mass is 32.2. The molecule has 0 amide bonds. The van der Waals surface area contributed by atoms with E-state index in [-0.39, 0.29) is 26.5 Å². The molecule has 0 aliphatic rings. The summed E-state index contributed by atoms with van der Waals surface area (Å²) < 4.78 is 69.2. The molecule has 0 aliphatic carbocycles. The maximum atomic E-state index is 13.0. The maximum absolute atomic E-state index is 13.0. The highest BCUT2D eigenvalue weighted by Gasteiger charge is 2.26. The van der Waals surface area contributed by atoms with Crippen molar-refractivity contribution in [3.63, 3.8) is 0 Å². The molecule has 0 aromatic heterocycles. The molecule has 0 fully saturated rings. The Morgan fingerprint density at radius 1 is 1.00 bits per heavy atom. The highest BCUT2D eigenvalue weighted by Crippen LogP contribution is 2.31. The molecule has 7 nitrogen and oxygen atoms in total. The lowest BCUT2D eigenvalue weighted by Crippen LogP contribution is -2.20. The van der Waals surface area contributed by atoms with Crippen LogP contribution in [0.5, 0.6) is 5.75 Å². The first-order valence-corrected chi connectivity index (χ1v) is 12.7. The highest BCUT2D eigenvalue weighted by molar-refractivity contribution is 7.94. The number of sulfone groups is 2. The van der Waals surface area contributed by atoms with Crippen molar-refractivity contribution in [1.29, 1.82) is 0 Å². The minimum Gasteiger partial charge on any atom is -0.497 e. The molecule has 2 rings (SSSR count). The van der Waals surface area contributed by atoms with Crippen LogP contribution < -0.4 is 9.46 Å². The van der Waals surface area contributed by atoms with Crippen molar-refractivity contribution in [2.75, 3.05) is 19.6 Å². The first-order chi connectivity index (χ1) is 12.5. The molecule has 1 unspecified atom stereocenters. The van der Waals surface area contributed by atoms with Gasteiger partial charge in [0.1, 0.15) is 5.75 Å². The molecule has 27 heavy (non-hydrogen) atoms. The molecular formula is C17H21NO6S3. The number of methoxy groups -OCH3 is 1. The lowest BCUT2D eigenvalue weighted by Gasteiger charge is -2.14. The second-order valence-electron chi connectivity index (χ2n) is 5.95. The summed E-state index contributed by atoms with van der Waals surface area (Å²) in [4.78, 5) is -0.659. The predicted octanol–water partition coefficient (Wildman–Crippen LogP) is 1.88. The monoisotopic (exact) mass is 431 g/mol. The molecule has 0 aliphatic heterocycles. The van der Waals surface area contributed by atoms with Crippen LogP contribution in [-0.4, -0.2) is 40.7 Å². The second-order valence-corrected chi connectivity index (χ2v) is 11.0. The van der Waals surface area contributed by atoms with Crippen LogP contribution in [0.2, 0.25) is 0 Å². The van der Waals surface area contributed by atoms with Gasteiger partial charge in [-0.05, 0) is 36.8 Å². The van der Waals surface area contributed by atoms with Crippen LogP contribution in [0.4, 0.5) is 0 Å². The molecule has 2 atom stereocenters. The Balaban J connectivity index is 2.52. The van der Waals surface area contributed by atoms with Crippen LogP contribution in [0, 0.1) is 0 Å². The summed E-state index contributed by atoms with van der Waals surface area (Å²) in [6.45, 7) is 1.80. The quantitative estimate of drug-likeness (QED) is 0.717. The average molecular weight is 432 g/mol. The predicted molar refractivity (Wildman–Crippen MR) is 104 cm³/mol. The fourth-order valence-electron chi connectivity index (χ4n) is 2.51. The van der Waals surface area contributed by atoms with E-state index in [0.29, 0.717) is 0 Å². The summed E-state index contributed by atoms with van der Waals surface area (Å²) in [5, 5.41) is 0. The molecule has 2 aromatic carbocycles. The Morgan fingerprint density at radius 2 is 1.59 bits per heavy atom. The van der Waals surface area contributed by atoms with Crippen LogP contribution in [-0.2, 0) is 30.7 Å². The van der Waals surface area contributed by atoms with Crippen molar-refractivity contribution in [3.05, 3.63) is 48.0 Å². The SMILES string of the molecule is COc1ccc(S(=O)(=O)c2ccc([C@H](C)NS(C)=O)cc2)c(S(C)(=O)=O)c1. The molecule has 0 bridgehead atoms. The Hall–Kier alpha value is -1.75. The van der Waals surface area contributed by atoms with Crippen LogP contribution in [0.3, 0.4) is 0 Å². The van der Waals surface area contributed by atoms with Crippen molar-refractivity contribution >= 4 is 30.7 Å². The van der Waals surface area contributed by atoms with Gasteiger partial charge in [0.25, 0.3) is 0 Å². The van der Waals surface area contributed by atoms with Gasteiger partial charge in [-0.1, -0.05) is 12.1 Å². The topological polar surface area (TPSA) is 107 Å². The van der Waals surface area contributed by atoms with Crippen molar-refractivity contribution in [2.24, 2.45) is 0 Å². The van der Waals surface area contributed by atoms with E-state index in [1.165, 1.54) is 43.7 Å². The van der Waals surface area contributed by atoms with Gasteiger partial charge >= 0.3 is 0 Å². The maximum Gasteiger partial charge on any atom is 0.207 e. The van der Waals surface area contributed by atoms with Gasteiger partial charge in [0.2, 0.25) is 9.84 Å². The van der Waals surface area contributed by atoms with E-state index in [2.05, 4.69) is 4.72 Å². The lowest BCUT2D eigenvalue weighted by atomic mass is 10.1. The zero-order valence-electron chi connectivity index (χ0n) is 15.3. The first kappa shape index (κ1) is 21.5. The van der Waals surface area contributed by atoms with Crippen LogP contribution in [0.15, 0.2) is 57.2 Å². The number of rotatable bonds is 7. The molecule has 0 spiro atoms. The van der Waals surface area contributed by atoms with Gasteiger partial charge in [-0.2, -0.15) is 0 Å². The van der Waals surface area contributed by atoms with E-state index in [9.17, 15) is 21.0 Å². The molecule has 0 radical (unpaired) electrons. The van der Waals surface area contributed by atoms with Gasteiger partial charge in [-0.15, -0.1) is 0 Å². The fraction of sp³-hybridized carbons (Fsp3) is 0.294. The number of nitrogens with one attached hydrogen (secondary N) is 1. The largest absolute Gasteiger partial charge is 0.497 e. The Morgan fingerprint density at radius 3 is 2.07 bits per heavy atom. The molecule has 0 saturated heterocycles. The molecule has 1 N–H and O–H groups in total. The molecule has 2 aromatic rings. The third-order valence-corrected chi connectivity index (χ3v) is 7.65. The number of hydrogen-bond acceptors (Lipinski definition) is 6. The van der Waals surface area contributed by atoms with Crippen molar-refractivity contribution in [3.8, 4) is 5.75 Å². The van der Waals surface area contributed by atoms with E-state index < -0.39 is 30.7 Å². The van der Waals surface area contributed by atoms with Crippen molar-refractivity contribution in [2.45, 2.75) is 27.7 Å². The Kier molecular flexibility index (Phi) is 6.46. The summed E-state index contributed by atoms with van der Waals surface area (Å²) in [6.07, 6.45) is 2.45. The van der Waals surface area contributed by atoms with Crippen molar-refractivity contribution < 1.29 is 25.8 Å². The second kappa shape index (κ2) is 8.09. The zero-order chi connectivity index (χ0) is 20.4. The fourth-order valence-corrected chi connectivity index (χ4v) is 6.01. The van der Waals surface area contributed by atoms with Gasteiger partial charge in [0.15, 0.2) is 9.84 Å². The molecular weight excluding hydrogens is 410 g/mol. The third-order valence-electron chi connectivity index (χ3n) is 3.87. The van der Waals surface area contributed by atoms with E-state index >= 15 is 0 Å². The number of benzene rings is 2. The number of hydrogen-bond donors (Lipinski definition) is 1. The van der Waals surface area contributed by atoms with Gasteiger partial charge in [-0.3, -0.25) is 0 Å². The van der Waals surface area contributed by atoms with E-state index in [1.54, 1.807) is 19.1 Å². The van der Waals surface area contributed by atoms with Crippen LogP contribution in [0.25, 0.3) is 0 Å². The minimum atomic E-state index is -4.06. The standard InChI is InChI=1S/C17H21NO6S3/c1-12(18-25(3)19)13-5-8-15(9-6-13)27(22,23)16-10-7-14(24-2)11-17(16)26(4,20)21/h5-12,18H,1-4H3/t12-,25?/m0/s1. The number of ether oxygens (including phenoxy) is 1. The van der Waals surface area contributed by atoms with Gasteiger partial charge in [0, 0.05) is 24.6 Å². The smallest absolute Gasteiger partial charge is 0.207 e.